The lowest BCUT2D eigenvalue weighted by Crippen LogP contribution is -2.24. The lowest BCUT2D eigenvalue weighted by Gasteiger charge is -2.22. The number of carbonyl (C=O) groups is 1. The minimum atomic E-state index is -0.258. The molecule has 0 saturated carbocycles. The molecule has 0 aromatic carbocycles. The first-order chi connectivity index (χ1) is 10.3. The summed E-state index contributed by atoms with van der Waals surface area (Å²) in [6, 6.07) is 3.49. The summed E-state index contributed by atoms with van der Waals surface area (Å²) in [4.78, 5) is 11.8. The SMILES string of the molecule is O=C(Nc1cnn(C[C@@H]2CCCCO2)c1)Nc1cccs1. The molecule has 7 heteroatoms. The van der Waals surface area contributed by atoms with Crippen molar-refractivity contribution in [3.05, 3.63) is 29.9 Å². The molecule has 2 N–H and O–H groups in total. The van der Waals surface area contributed by atoms with Crippen molar-refractivity contribution >= 4 is 28.1 Å². The van der Waals surface area contributed by atoms with E-state index in [9.17, 15) is 4.79 Å². The van der Waals surface area contributed by atoms with Crippen LogP contribution >= 0.6 is 11.3 Å². The number of amides is 2. The molecular formula is C14H18N4O2S. The van der Waals surface area contributed by atoms with Crippen molar-refractivity contribution in [2.45, 2.75) is 31.9 Å². The first-order valence-electron chi connectivity index (χ1n) is 7.05. The Hall–Kier alpha value is -1.86. The van der Waals surface area contributed by atoms with Crippen molar-refractivity contribution < 1.29 is 9.53 Å². The molecule has 1 fully saturated rings. The van der Waals surface area contributed by atoms with Crippen molar-refractivity contribution in [1.29, 1.82) is 0 Å². The third-order valence-corrected chi connectivity index (χ3v) is 4.10. The highest BCUT2D eigenvalue weighted by Crippen LogP contribution is 2.17. The number of rotatable bonds is 4. The van der Waals surface area contributed by atoms with Gasteiger partial charge in [-0.1, -0.05) is 0 Å². The Balaban J connectivity index is 1.51. The quantitative estimate of drug-likeness (QED) is 0.911. The molecule has 6 nitrogen and oxygen atoms in total. The summed E-state index contributed by atoms with van der Waals surface area (Å²) in [7, 11) is 0. The summed E-state index contributed by atoms with van der Waals surface area (Å²) in [5.41, 5.74) is 0.680. The van der Waals surface area contributed by atoms with Crippen molar-refractivity contribution in [3.63, 3.8) is 0 Å². The van der Waals surface area contributed by atoms with Gasteiger partial charge in [-0.05, 0) is 36.8 Å². The van der Waals surface area contributed by atoms with Crippen LogP contribution in [-0.4, -0.2) is 28.5 Å². The van der Waals surface area contributed by atoms with Gasteiger partial charge in [0.05, 0.1) is 29.5 Å². The molecule has 0 unspecified atom stereocenters. The van der Waals surface area contributed by atoms with Gasteiger partial charge in [0.15, 0.2) is 0 Å². The van der Waals surface area contributed by atoms with Gasteiger partial charge in [0.25, 0.3) is 0 Å². The first-order valence-corrected chi connectivity index (χ1v) is 7.93. The molecule has 1 atom stereocenters. The average Bonchev–Trinajstić information content (AvgIpc) is 3.12. The topological polar surface area (TPSA) is 68.2 Å². The molecule has 21 heavy (non-hydrogen) atoms. The van der Waals surface area contributed by atoms with Gasteiger partial charge in [-0.25, -0.2) is 4.79 Å². The normalized spacial score (nSPS) is 18.4. The van der Waals surface area contributed by atoms with Crippen LogP contribution in [0.5, 0.6) is 0 Å². The van der Waals surface area contributed by atoms with Crippen molar-refractivity contribution in [2.75, 3.05) is 17.2 Å². The predicted octanol–water partition coefficient (Wildman–Crippen LogP) is 3.16. The monoisotopic (exact) mass is 306 g/mol. The molecule has 0 aliphatic carbocycles. The van der Waals surface area contributed by atoms with E-state index in [2.05, 4.69) is 15.7 Å². The highest BCUT2D eigenvalue weighted by Gasteiger charge is 2.15. The molecule has 3 heterocycles. The Bertz CT molecular complexity index is 576. The molecule has 3 rings (SSSR count). The zero-order chi connectivity index (χ0) is 14.5. The Labute approximate surface area is 127 Å². The number of nitrogens with one attached hydrogen (secondary N) is 2. The largest absolute Gasteiger partial charge is 0.376 e. The number of urea groups is 1. The Kier molecular flexibility index (Phi) is 4.52. The van der Waals surface area contributed by atoms with Crippen LogP contribution in [0.3, 0.4) is 0 Å². The summed E-state index contributed by atoms with van der Waals surface area (Å²) in [5, 5.41) is 12.5. The highest BCUT2D eigenvalue weighted by molar-refractivity contribution is 7.14. The number of nitrogens with zero attached hydrogens (tertiary/aromatic N) is 2. The standard InChI is InChI=1S/C14H18N4O2S/c19-14(17-13-5-3-7-21-13)16-11-8-15-18(9-11)10-12-4-1-2-6-20-12/h3,5,7-9,12H,1-2,4,6,10H2,(H2,16,17,19)/t12-/m0/s1. The minimum Gasteiger partial charge on any atom is -0.376 e. The molecule has 1 saturated heterocycles. The van der Waals surface area contributed by atoms with Crippen LogP contribution in [-0.2, 0) is 11.3 Å². The zero-order valence-electron chi connectivity index (χ0n) is 11.6. The van der Waals surface area contributed by atoms with E-state index in [4.69, 9.17) is 4.74 Å². The maximum atomic E-state index is 11.8. The molecule has 2 aromatic heterocycles. The number of carbonyl (C=O) groups excluding carboxylic acids is 1. The van der Waals surface area contributed by atoms with E-state index in [1.807, 2.05) is 28.4 Å². The molecule has 0 radical (unpaired) electrons. The fraction of sp³-hybridized carbons (Fsp3) is 0.429. The van der Waals surface area contributed by atoms with Crippen LogP contribution in [0.4, 0.5) is 15.5 Å². The maximum absolute atomic E-state index is 11.8. The van der Waals surface area contributed by atoms with Gasteiger partial charge in [-0.3, -0.25) is 10.00 Å². The summed E-state index contributed by atoms with van der Waals surface area (Å²) < 4.78 is 7.50. The number of anilines is 2. The van der Waals surface area contributed by atoms with E-state index in [0.717, 1.165) is 31.0 Å². The van der Waals surface area contributed by atoms with E-state index in [0.29, 0.717) is 5.69 Å². The summed E-state index contributed by atoms with van der Waals surface area (Å²) in [5.74, 6) is 0. The number of hydrogen-bond acceptors (Lipinski definition) is 4. The summed E-state index contributed by atoms with van der Waals surface area (Å²) in [6.07, 6.45) is 7.13. The Morgan fingerprint density at radius 3 is 3.19 bits per heavy atom. The first kappa shape index (κ1) is 14.1. The molecule has 0 spiro atoms. The highest BCUT2D eigenvalue weighted by atomic mass is 32.1. The second kappa shape index (κ2) is 6.73. The van der Waals surface area contributed by atoms with E-state index < -0.39 is 0 Å². The van der Waals surface area contributed by atoms with Gasteiger partial charge < -0.3 is 10.1 Å². The van der Waals surface area contributed by atoms with Crippen molar-refractivity contribution in [2.24, 2.45) is 0 Å². The fourth-order valence-electron chi connectivity index (χ4n) is 2.31. The Morgan fingerprint density at radius 1 is 1.48 bits per heavy atom. The third kappa shape index (κ3) is 4.05. The van der Waals surface area contributed by atoms with Gasteiger partial charge in [0, 0.05) is 12.8 Å². The van der Waals surface area contributed by atoms with Gasteiger partial charge in [-0.2, -0.15) is 5.10 Å². The zero-order valence-corrected chi connectivity index (χ0v) is 12.4. The fourth-order valence-corrected chi connectivity index (χ4v) is 2.92. The van der Waals surface area contributed by atoms with Gasteiger partial charge in [-0.15, -0.1) is 11.3 Å². The van der Waals surface area contributed by atoms with Crippen LogP contribution in [0, 0.1) is 0 Å². The van der Waals surface area contributed by atoms with E-state index in [1.165, 1.54) is 17.8 Å². The van der Waals surface area contributed by atoms with Crippen molar-refractivity contribution in [1.82, 2.24) is 9.78 Å². The molecule has 2 amide bonds. The number of ether oxygens (including phenoxy) is 1. The average molecular weight is 306 g/mol. The molecule has 2 aromatic rings. The Morgan fingerprint density at radius 2 is 2.43 bits per heavy atom. The van der Waals surface area contributed by atoms with E-state index >= 15 is 0 Å². The number of hydrogen-bond donors (Lipinski definition) is 2. The summed E-state index contributed by atoms with van der Waals surface area (Å²) in [6.45, 7) is 1.56. The maximum Gasteiger partial charge on any atom is 0.324 e. The van der Waals surface area contributed by atoms with Gasteiger partial charge >= 0.3 is 6.03 Å². The number of aromatic nitrogens is 2. The molecule has 1 aliphatic heterocycles. The second-order valence-electron chi connectivity index (χ2n) is 5.00. The lowest BCUT2D eigenvalue weighted by atomic mass is 10.1. The lowest BCUT2D eigenvalue weighted by molar-refractivity contribution is 0.00401. The third-order valence-electron chi connectivity index (χ3n) is 3.31. The predicted molar refractivity (Wildman–Crippen MR) is 82.8 cm³/mol. The molecular weight excluding hydrogens is 288 g/mol. The van der Waals surface area contributed by atoms with Crippen LogP contribution in [0.15, 0.2) is 29.9 Å². The number of thiophene rings is 1. The van der Waals surface area contributed by atoms with Crippen LogP contribution in [0.25, 0.3) is 0 Å². The van der Waals surface area contributed by atoms with Crippen LogP contribution in [0.1, 0.15) is 19.3 Å². The van der Waals surface area contributed by atoms with Gasteiger partial charge in [0.2, 0.25) is 0 Å². The molecule has 0 bridgehead atoms. The molecule has 112 valence electrons. The minimum absolute atomic E-state index is 0.228. The van der Waals surface area contributed by atoms with Crippen molar-refractivity contribution in [3.8, 4) is 0 Å². The van der Waals surface area contributed by atoms with Gasteiger partial charge in [0.1, 0.15) is 0 Å². The summed E-state index contributed by atoms with van der Waals surface area (Å²) >= 11 is 1.48. The van der Waals surface area contributed by atoms with E-state index in [-0.39, 0.29) is 12.1 Å². The smallest absolute Gasteiger partial charge is 0.324 e. The second-order valence-corrected chi connectivity index (χ2v) is 5.94. The van der Waals surface area contributed by atoms with E-state index in [1.54, 1.807) is 6.20 Å². The van der Waals surface area contributed by atoms with Crippen LogP contribution in [0.2, 0.25) is 0 Å². The molecule has 1 aliphatic rings. The van der Waals surface area contributed by atoms with Crippen LogP contribution < -0.4 is 10.6 Å².